The molecule has 0 saturated heterocycles. The lowest BCUT2D eigenvalue weighted by Gasteiger charge is -2.29. The van der Waals surface area contributed by atoms with Gasteiger partial charge in [0, 0.05) is 19.7 Å². The minimum atomic E-state index is -0.691. The highest BCUT2D eigenvalue weighted by Gasteiger charge is 2.26. The summed E-state index contributed by atoms with van der Waals surface area (Å²) in [5.41, 5.74) is 1.63. The first-order chi connectivity index (χ1) is 15.4. The molecule has 2 aromatic carbocycles. The Morgan fingerprint density at radius 1 is 0.969 bits per heavy atom. The van der Waals surface area contributed by atoms with E-state index in [2.05, 4.69) is 5.32 Å². The van der Waals surface area contributed by atoms with Gasteiger partial charge in [0.05, 0.1) is 27.8 Å². The number of carbonyl (C=O) groups excluding carboxylic acids is 2. The van der Waals surface area contributed by atoms with Crippen LogP contribution in [0.4, 0.5) is 0 Å². The van der Waals surface area contributed by atoms with Gasteiger partial charge in [-0.1, -0.05) is 18.2 Å². The minimum absolute atomic E-state index is 0.0115. The van der Waals surface area contributed by atoms with Crippen LogP contribution in [0.3, 0.4) is 0 Å². The van der Waals surface area contributed by atoms with E-state index in [1.54, 1.807) is 44.2 Å². The van der Waals surface area contributed by atoms with Crippen molar-refractivity contribution in [1.82, 2.24) is 10.2 Å². The monoisotopic (exact) mass is 444 g/mol. The molecule has 0 saturated carbocycles. The van der Waals surface area contributed by atoms with Gasteiger partial charge in [0.25, 0.3) is 0 Å². The fourth-order valence-electron chi connectivity index (χ4n) is 3.22. The average molecular weight is 445 g/mol. The Morgan fingerprint density at radius 2 is 1.62 bits per heavy atom. The molecule has 174 valence electrons. The number of ether oxygens (including phenoxy) is 3. The van der Waals surface area contributed by atoms with Crippen molar-refractivity contribution >= 4 is 11.8 Å². The first-order valence-corrected chi connectivity index (χ1v) is 10.4. The molecular weight excluding hydrogens is 412 g/mol. The molecule has 32 heavy (non-hydrogen) atoms. The first-order valence-electron chi connectivity index (χ1n) is 10.4. The van der Waals surface area contributed by atoms with E-state index in [4.69, 9.17) is 19.3 Å². The van der Waals surface area contributed by atoms with Crippen molar-refractivity contribution in [2.75, 3.05) is 34.5 Å². The number of amides is 2. The van der Waals surface area contributed by atoms with E-state index in [1.165, 1.54) is 7.11 Å². The number of hydrogen-bond donors (Lipinski definition) is 2. The first kappa shape index (κ1) is 25.0. The molecule has 0 bridgehead atoms. The molecule has 2 N–H and O–H groups in total. The lowest BCUT2D eigenvalue weighted by atomic mass is 10.1. The van der Waals surface area contributed by atoms with Crippen LogP contribution < -0.4 is 19.5 Å². The largest absolute Gasteiger partial charge is 0.497 e. The summed E-state index contributed by atoms with van der Waals surface area (Å²) in [5, 5.41) is 11.7. The van der Waals surface area contributed by atoms with Crippen molar-refractivity contribution in [2.45, 2.75) is 32.4 Å². The van der Waals surface area contributed by atoms with E-state index in [0.29, 0.717) is 30.2 Å². The highest BCUT2D eigenvalue weighted by atomic mass is 16.5. The number of aliphatic hydroxyl groups excluding tert-OH is 1. The maximum Gasteiger partial charge on any atom is 0.242 e. The van der Waals surface area contributed by atoms with Crippen LogP contribution in [-0.2, 0) is 22.6 Å². The molecular formula is C24H32N2O6. The van der Waals surface area contributed by atoms with Gasteiger partial charge < -0.3 is 29.5 Å². The second kappa shape index (κ2) is 12.6. The summed E-state index contributed by atoms with van der Waals surface area (Å²) in [4.78, 5) is 27.5. The molecule has 0 radical (unpaired) electrons. The lowest BCUT2D eigenvalue weighted by Crippen LogP contribution is -2.48. The van der Waals surface area contributed by atoms with Crippen LogP contribution in [0, 0.1) is 0 Å². The quantitative estimate of drug-likeness (QED) is 0.487. The molecule has 0 fully saturated rings. The third kappa shape index (κ3) is 6.88. The van der Waals surface area contributed by atoms with Crippen LogP contribution in [0.25, 0.3) is 0 Å². The Balaban J connectivity index is 2.23. The summed E-state index contributed by atoms with van der Waals surface area (Å²) >= 11 is 0. The second-order valence-corrected chi connectivity index (χ2v) is 7.28. The summed E-state index contributed by atoms with van der Waals surface area (Å²) < 4.78 is 15.8. The van der Waals surface area contributed by atoms with E-state index < -0.39 is 6.04 Å². The number of hydrogen-bond acceptors (Lipinski definition) is 6. The zero-order chi connectivity index (χ0) is 23.5. The zero-order valence-corrected chi connectivity index (χ0v) is 19.1. The van der Waals surface area contributed by atoms with Gasteiger partial charge in [-0.15, -0.1) is 0 Å². The second-order valence-electron chi connectivity index (χ2n) is 7.28. The smallest absolute Gasteiger partial charge is 0.242 e. The van der Waals surface area contributed by atoms with E-state index in [1.807, 2.05) is 24.3 Å². The maximum atomic E-state index is 13.3. The molecule has 0 heterocycles. The molecule has 0 aliphatic carbocycles. The van der Waals surface area contributed by atoms with Gasteiger partial charge in [0.15, 0.2) is 11.5 Å². The molecule has 0 aliphatic heterocycles. The number of rotatable bonds is 12. The summed E-state index contributed by atoms with van der Waals surface area (Å²) in [6, 6.07) is 12.0. The van der Waals surface area contributed by atoms with Gasteiger partial charge >= 0.3 is 0 Å². The standard InChI is InChI=1S/C24H32N2O6/c1-17(24(29)25-12-5-13-27)26(16-18-6-9-20(30-2)10-7-18)23(28)15-19-8-11-21(31-3)22(14-19)32-4/h6-11,14,17,27H,5,12-13,15-16H2,1-4H3,(H,25,29)/t17-/m0/s1. The van der Waals surface area contributed by atoms with E-state index in [0.717, 1.165) is 11.1 Å². The summed E-state index contributed by atoms with van der Waals surface area (Å²) in [6.45, 7) is 2.30. The van der Waals surface area contributed by atoms with E-state index in [-0.39, 0.29) is 31.4 Å². The highest BCUT2D eigenvalue weighted by molar-refractivity contribution is 5.88. The van der Waals surface area contributed by atoms with Crippen molar-refractivity contribution in [3.05, 3.63) is 53.6 Å². The zero-order valence-electron chi connectivity index (χ0n) is 19.1. The number of benzene rings is 2. The topological polar surface area (TPSA) is 97.3 Å². The van der Waals surface area contributed by atoms with Crippen LogP contribution in [-0.4, -0.2) is 62.3 Å². The predicted octanol–water partition coefficient (Wildman–Crippen LogP) is 2.17. The third-order valence-electron chi connectivity index (χ3n) is 5.12. The van der Waals surface area contributed by atoms with Gasteiger partial charge in [-0.3, -0.25) is 9.59 Å². The van der Waals surface area contributed by atoms with Gasteiger partial charge in [-0.2, -0.15) is 0 Å². The Bertz CT molecular complexity index is 885. The predicted molar refractivity (Wildman–Crippen MR) is 121 cm³/mol. The van der Waals surface area contributed by atoms with Gasteiger partial charge in [0.1, 0.15) is 11.8 Å². The van der Waals surface area contributed by atoms with Crippen molar-refractivity contribution in [3.8, 4) is 17.2 Å². The van der Waals surface area contributed by atoms with Crippen LogP contribution in [0.1, 0.15) is 24.5 Å². The van der Waals surface area contributed by atoms with Crippen LogP contribution in [0.5, 0.6) is 17.2 Å². The molecule has 2 aromatic rings. The molecule has 8 nitrogen and oxygen atoms in total. The van der Waals surface area contributed by atoms with Crippen molar-refractivity contribution in [3.63, 3.8) is 0 Å². The fourth-order valence-corrected chi connectivity index (χ4v) is 3.22. The molecule has 2 rings (SSSR count). The number of carbonyl (C=O) groups is 2. The van der Waals surface area contributed by atoms with Gasteiger partial charge in [-0.25, -0.2) is 0 Å². The highest BCUT2D eigenvalue weighted by Crippen LogP contribution is 2.28. The Hall–Kier alpha value is -3.26. The normalized spacial score (nSPS) is 11.4. The van der Waals surface area contributed by atoms with Crippen LogP contribution in [0.15, 0.2) is 42.5 Å². The molecule has 0 spiro atoms. The average Bonchev–Trinajstić information content (AvgIpc) is 2.82. The summed E-state index contributed by atoms with van der Waals surface area (Å²) in [7, 11) is 4.68. The van der Waals surface area contributed by atoms with E-state index >= 15 is 0 Å². The molecule has 0 unspecified atom stereocenters. The fraction of sp³-hybridized carbons (Fsp3) is 0.417. The number of aliphatic hydroxyl groups is 1. The molecule has 8 heteroatoms. The number of nitrogens with zero attached hydrogens (tertiary/aromatic N) is 1. The van der Waals surface area contributed by atoms with Gasteiger partial charge in [-0.05, 0) is 48.7 Å². The Labute approximate surface area is 189 Å². The van der Waals surface area contributed by atoms with Crippen LogP contribution >= 0.6 is 0 Å². The summed E-state index contributed by atoms with van der Waals surface area (Å²) in [6.07, 6.45) is 0.557. The SMILES string of the molecule is COc1ccc(CN(C(=O)Cc2ccc(OC)c(OC)c2)[C@@H](C)C(=O)NCCCO)cc1. The minimum Gasteiger partial charge on any atom is -0.497 e. The third-order valence-corrected chi connectivity index (χ3v) is 5.12. The van der Waals surface area contributed by atoms with Gasteiger partial charge in [0.2, 0.25) is 11.8 Å². The Kier molecular flexibility index (Phi) is 9.81. The number of nitrogens with one attached hydrogen (secondary N) is 1. The lowest BCUT2D eigenvalue weighted by molar-refractivity contribution is -0.140. The maximum absolute atomic E-state index is 13.3. The number of methoxy groups -OCH3 is 3. The van der Waals surface area contributed by atoms with E-state index in [9.17, 15) is 9.59 Å². The Morgan fingerprint density at radius 3 is 2.22 bits per heavy atom. The molecule has 1 atom stereocenters. The summed E-state index contributed by atoms with van der Waals surface area (Å²) in [5.74, 6) is 1.36. The van der Waals surface area contributed by atoms with Crippen molar-refractivity contribution in [2.24, 2.45) is 0 Å². The van der Waals surface area contributed by atoms with Crippen LogP contribution in [0.2, 0.25) is 0 Å². The van der Waals surface area contributed by atoms with Crippen molar-refractivity contribution < 1.29 is 28.9 Å². The molecule has 2 amide bonds. The van der Waals surface area contributed by atoms with Crippen molar-refractivity contribution in [1.29, 1.82) is 0 Å². The molecule has 0 aliphatic rings. The molecule has 0 aromatic heterocycles.